The average Bonchev–Trinajstić information content (AvgIpc) is 3.06. The molecular weight excluding hydrogens is 364 g/mol. The van der Waals surface area contributed by atoms with Gasteiger partial charge >= 0.3 is 0 Å². The lowest BCUT2D eigenvalue weighted by molar-refractivity contribution is -0.124. The van der Waals surface area contributed by atoms with Gasteiger partial charge in [-0.3, -0.25) is 14.3 Å². The quantitative estimate of drug-likeness (QED) is 0.569. The van der Waals surface area contributed by atoms with Gasteiger partial charge in [0.1, 0.15) is 6.04 Å². The summed E-state index contributed by atoms with van der Waals surface area (Å²) in [5.74, 6) is 0.137. The highest BCUT2D eigenvalue weighted by atomic mass is 16.2. The minimum Gasteiger partial charge on any atom is -0.354 e. The summed E-state index contributed by atoms with van der Waals surface area (Å²) < 4.78 is 3.77. The molecule has 0 spiro atoms. The van der Waals surface area contributed by atoms with E-state index in [9.17, 15) is 9.59 Å². The van der Waals surface area contributed by atoms with Crippen LogP contribution in [0.15, 0.2) is 65.5 Å². The maximum atomic E-state index is 13.0. The molecule has 0 aliphatic heterocycles. The fourth-order valence-electron chi connectivity index (χ4n) is 3.80. The predicted octanol–water partition coefficient (Wildman–Crippen LogP) is 3.44. The van der Waals surface area contributed by atoms with Crippen molar-refractivity contribution >= 4 is 22.5 Å². The number of hydrogen-bond acceptors (Lipinski definition) is 3. The molecule has 148 valence electrons. The first-order chi connectivity index (χ1) is 14.0. The van der Waals surface area contributed by atoms with Crippen molar-refractivity contribution in [1.82, 2.24) is 19.5 Å². The van der Waals surface area contributed by atoms with Gasteiger partial charge in [0, 0.05) is 23.7 Å². The molecule has 6 nitrogen and oxygen atoms in total. The van der Waals surface area contributed by atoms with Gasteiger partial charge in [0.2, 0.25) is 5.91 Å². The maximum Gasteiger partial charge on any atom is 0.273 e. The lowest BCUT2D eigenvalue weighted by Crippen LogP contribution is -2.35. The van der Waals surface area contributed by atoms with Crippen LogP contribution < -0.4 is 10.9 Å². The van der Waals surface area contributed by atoms with Crippen molar-refractivity contribution in [2.45, 2.75) is 32.7 Å². The van der Waals surface area contributed by atoms with Crippen LogP contribution in [-0.2, 0) is 4.79 Å². The summed E-state index contributed by atoms with van der Waals surface area (Å²) >= 11 is 0. The minimum absolute atomic E-state index is 0.0754. The maximum absolute atomic E-state index is 13.0. The number of amides is 1. The molecule has 0 aliphatic rings. The van der Waals surface area contributed by atoms with E-state index in [-0.39, 0.29) is 17.4 Å². The van der Waals surface area contributed by atoms with Gasteiger partial charge in [0.15, 0.2) is 5.65 Å². The highest BCUT2D eigenvalue weighted by molar-refractivity contribution is 5.94. The SMILES string of the molecule is Cc1cc(=O)nc2c3ccccc3n([C@@H](C)C(=O)NC[C@@H](C)c3ccccc3)n12. The van der Waals surface area contributed by atoms with Crippen LogP contribution in [0.25, 0.3) is 16.6 Å². The first kappa shape index (κ1) is 18.9. The van der Waals surface area contributed by atoms with Crippen LogP contribution in [0.5, 0.6) is 0 Å². The largest absolute Gasteiger partial charge is 0.354 e. The van der Waals surface area contributed by atoms with Gasteiger partial charge in [0.05, 0.1) is 5.52 Å². The van der Waals surface area contributed by atoms with Gasteiger partial charge < -0.3 is 5.32 Å². The molecule has 0 radical (unpaired) electrons. The molecule has 2 aromatic heterocycles. The highest BCUT2D eigenvalue weighted by Crippen LogP contribution is 2.25. The van der Waals surface area contributed by atoms with E-state index >= 15 is 0 Å². The Kier molecular flexibility index (Phi) is 4.92. The van der Waals surface area contributed by atoms with E-state index in [4.69, 9.17) is 0 Å². The molecule has 0 aliphatic carbocycles. The molecular formula is C23H24N4O2. The van der Waals surface area contributed by atoms with Crippen LogP contribution >= 0.6 is 0 Å². The van der Waals surface area contributed by atoms with Crippen molar-refractivity contribution in [2.24, 2.45) is 0 Å². The Hall–Kier alpha value is -3.41. The molecule has 0 saturated heterocycles. The Bertz CT molecular complexity index is 1240. The third kappa shape index (κ3) is 3.42. The van der Waals surface area contributed by atoms with Gasteiger partial charge in [-0.2, -0.15) is 4.98 Å². The van der Waals surface area contributed by atoms with Gasteiger partial charge in [-0.25, -0.2) is 4.52 Å². The van der Waals surface area contributed by atoms with Crippen LogP contribution in [0.4, 0.5) is 0 Å². The molecule has 4 aromatic rings. The number of carbonyl (C=O) groups is 1. The molecule has 29 heavy (non-hydrogen) atoms. The minimum atomic E-state index is -0.469. The summed E-state index contributed by atoms with van der Waals surface area (Å²) in [6.07, 6.45) is 0. The molecule has 1 N–H and O–H groups in total. The zero-order chi connectivity index (χ0) is 20.5. The summed E-state index contributed by atoms with van der Waals surface area (Å²) in [5.41, 5.74) is 3.10. The Balaban J connectivity index is 1.68. The third-order valence-electron chi connectivity index (χ3n) is 5.39. The Morgan fingerprint density at radius 1 is 1.07 bits per heavy atom. The second-order valence-corrected chi connectivity index (χ2v) is 7.47. The van der Waals surface area contributed by atoms with Gasteiger partial charge in [-0.05, 0) is 37.5 Å². The first-order valence-electron chi connectivity index (χ1n) is 9.79. The van der Waals surface area contributed by atoms with E-state index < -0.39 is 6.04 Å². The first-order valence-corrected chi connectivity index (χ1v) is 9.79. The standard InChI is InChI=1S/C23H24N4O2/c1-15(18-9-5-4-6-10-18)14-24-23(29)17(3)27-20-12-8-7-11-19(20)22-25-21(28)13-16(2)26(22)27/h4-13,15,17H,14H2,1-3H3,(H,24,29)/t15-,17+/m1/s1. The van der Waals surface area contributed by atoms with E-state index in [2.05, 4.69) is 29.4 Å². The fourth-order valence-corrected chi connectivity index (χ4v) is 3.80. The summed E-state index contributed by atoms with van der Waals surface area (Å²) in [7, 11) is 0. The molecule has 0 bridgehead atoms. The molecule has 0 unspecified atom stereocenters. The van der Waals surface area contributed by atoms with Gasteiger partial charge in [0.25, 0.3) is 5.56 Å². The number of aromatic nitrogens is 3. The third-order valence-corrected chi connectivity index (χ3v) is 5.39. The topological polar surface area (TPSA) is 68.4 Å². The Morgan fingerprint density at radius 3 is 2.52 bits per heavy atom. The van der Waals surface area contributed by atoms with Crippen LogP contribution in [0.1, 0.15) is 37.1 Å². The number of para-hydroxylation sites is 1. The van der Waals surface area contributed by atoms with Crippen molar-refractivity contribution in [2.75, 3.05) is 6.54 Å². The van der Waals surface area contributed by atoms with Crippen molar-refractivity contribution in [3.8, 4) is 0 Å². The van der Waals surface area contributed by atoms with E-state index in [1.807, 2.05) is 65.5 Å². The predicted molar refractivity (Wildman–Crippen MR) is 114 cm³/mol. The summed E-state index contributed by atoms with van der Waals surface area (Å²) in [6.45, 7) is 6.37. The smallest absolute Gasteiger partial charge is 0.273 e. The molecule has 0 saturated carbocycles. The van der Waals surface area contributed by atoms with Gasteiger partial charge in [-0.15, -0.1) is 0 Å². The average molecular weight is 388 g/mol. The zero-order valence-corrected chi connectivity index (χ0v) is 16.8. The number of benzene rings is 2. The number of fused-ring (bicyclic) bond motifs is 3. The molecule has 6 heteroatoms. The molecule has 0 fully saturated rings. The van der Waals surface area contributed by atoms with Crippen LogP contribution in [0.2, 0.25) is 0 Å². The molecule has 2 heterocycles. The van der Waals surface area contributed by atoms with Crippen molar-refractivity contribution in [3.05, 3.63) is 82.3 Å². The van der Waals surface area contributed by atoms with Crippen molar-refractivity contribution in [1.29, 1.82) is 0 Å². The molecule has 2 atom stereocenters. The lowest BCUT2D eigenvalue weighted by Gasteiger charge is -2.20. The van der Waals surface area contributed by atoms with Crippen molar-refractivity contribution in [3.63, 3.8) is 0 Å². The van der Waals surface area contributed by atoms with E-state index in [1.54, 1.807) is 0 Å². The normalized spacial score (nSPS) is 13.5. The number of nitrogens with zero attached hydrogens (tertiary/aromatic N) is 3. The summed E-state index contributed by atoms with van der Waals surface area (Å²) in [6, 6.07) is 18.9. The molecule has 2 aromatic carbocycles. The fraction of sp³-hybridized carbons (Fsp3) is 0.261. The summed E-state index contributed by atoms with van der Waals surface area (Å²) in [5, 5.41) is 3.93. The van der Waals surface area contributed by atoms with E-state index in [0.717, 1.165) is 16.6 Å². The van der Waals surface area contributed by atoms with Crippen LogP contribution in [-0.4, -0.2) is 26.6 Å². The van der Waals surface area contributed by atoms with Crippen LogP contribution in [0, 0.1) is 6.92 Å². The number of aryl methyl sites for hydroxylation is 1. The molecule has 4 rings (SSSR count). The van der Waals surface area contributed by atoms with Gasteiger partial charge in [-0.1, -0.05) is 49.4 Å². The van der Waals surface area contributed by atoms with E-state index in [1.165, 1.54) is 11.6 Å². The Labute approximate surface area is 168 Å². The highest BCUT2D eigenvalue weighted by Gasteiger charge is 2.22. The molecule has 1 amide bonds. The second-order valence-electron chi connectivity index (χ2n) is 7.47. The number of hydrogen-bond donors (Lipinski definition) is 1. The lowest BCUT2D eigenvalue weighted by atomic mass is 10.0. The number of carbonyl (C=O) groups excluding carboxylic acids is 1. The van der Waals surface area contributed by atoms with Crippen LogP contribution in [0.3, 0.4) is 0 Å². The number of rotatable bonds is 5. The monoisotopic (exact) mass is 388 g/mol. The second kappa shape index (κ2) is 7.54. The summed E-state index contributed by atoms with van der Waals surface area (Å²) in [4.78, 5) is 29.2. The van der Waals surface area contributed by atoms with E-state index in [0.29, 0.717) is 12.2 Å². The zero-order valence-electron chi connectivity index (χ0n) is 16.8. The Morgan fingerprint density at radius 2 is 1.76 bits per heavy atom. The number of nitrogens with one attached hydrogen (secondary N) is 1. The van der Waals surface area contributed by atoms with Crippen molar-refractivity contribution < 1.29 is 4.79 Å².